The molecule has 0 radical (unpaired) electrons. The summed E-state index contributed by atoms with van der Waals surface area (Å²) in [7, 11) is 0. The number of carbonyl (C=O) groups excluding carboxylic acids is 1. The van der Waals surface area contributed by atoms with Crippen LogP contribution in [0.4, 0.5) is 0 Å². The molecular formula is C17H24N2O3. The molecule has 1 heterocycles. The topological polar surface area (TPSA) is 69.6 Å². The summed E-state index contributed by atoms with van der Waals surface area (Å²) in [6.07, 6.45) is 0.655. The molecule has 1 aromatic rings. The van der Waals surface area contributed by atoms with Crippen LogP contribution < -0.4 is 5.32 Å². The molecule has 1 aromatic carbocycles. The van der Waals surface area contributed by atoms with Gasteiger partial charge in [0.15, 0.2) is 0 Å². The molecule has 22 heavy (non-hydrogen) atoms. The summed E-state index contributed by atoms with van der Waals surface area (Å²) in [6.45, 7) is 5.91. The van der Waals surface area contributed by atoms with Gasteiger partial charge in [-0.3, -0.25) is 14.5 Å². The van der Waals surface area contributed by atoms with E-state index in [0.717, 1.165) is 13.1 Å². The van der Waals surface area contributed by atoms with Gasteiger partial charge < -0.3 is 10.4 Å². The number of carboxylic acids is 1. The second-order valence-electron chi connectivity index (χ2n) is 6.41. The molecule has 0 spiro atoms. The number of aliphatic carboxylic acids is 1. The van der Waals surface area contributed by atoms with E-state index in [1.807, 2.05) is 26.0 Å². The Bertz CT molecular complexity index is 517. The standard InChI is InChI=1S/C17H24N2O3/c1-12(2)7-15(8-17(21)22)18-16(20)11-19-9-13-5-3-4-6-14(13)10-19/h3-6,12,15H,7-11H2,1-2H3,(H,18,20)(H,21,22)/t15-/m1/s1. The number of hydrogen-bond donors (Lipinski definition) is 2. The van der Waals surface area contributed by atoms with E-state index >= 15 is 0 Å². The number of carboxylic acid groups (broad SMARTS) is 1. The highest BCUT2D eigenvalue weighted by molar-refractivity contribution is 5.79. The smallest absolute Gasteiger partial charge is 0.305 e. The lowest BCUT2D eigenvalue weighted by Crippen LogP contribution is -2.42. The van der Waals surface area contributed by atoms with Crippen molar-refractivity contribution < 1.29 is 14.7 Å². The molecule has 0 unspecified atom stereocenters. The number of carbonyl (C=O) groups is 2. The van der Waals surface area contributed by atoms with Gasteiger partial charge in [0.05, 0.1) is 13.0 Å². The van der Waals surface area contributed by atoms with E-state index in [9.17, 15) is 9.59 Å². The number of nitrogens with one attached hydrogen (secondary N) is 1. The van der Waals surface area contributed by atoms with E-state index in [0.29, 0.717) is 18.9 Å². The molecule has 0 bridgehead atoms. The molecular weight excluding hydrogens is 280 g/mol. The zero-order chi connectivity index (χ0) is 16.1. The van der Waals surface area contributed by atoms with Crippen molar-refractivity contribution in [2.24, 2.45) is 5.92 Å². The molecule has 1 amide bonds. The van der Waals surface area contributed by atoms with Gasteiger partial charge >= 0.3 is 5.97 Å². The van der Waals surface area contributed by atoms with E-state index < -0.39 is 5.97 Å². The van der Waals surface area contributed by atoms with Crippen LogP contribution in [0.1, 0.15) is 37.8 Å². The van der Waals surface area contributed by atoms with Gasteiger partial charge in [0.2, 0.25) is 5.91 Å². The second kappa shape index (κ2) is 7.40. The van der Waals surface area contributed by atoms with Gasteiger partial charge in [0.1, 0.15) is 0 Å². The van der Waals surface area contributed by atoms with Gasteiger partial charge in [0, 0.05) is 19.1 Å². The monoisotopic (exact) mass is 304 g/mol. The van der Waals surface area contributed by atoms with Crippen molar-refractivity contribution >= 4 is 11.9 Å². The Hall–Kier alpha value is -1.88. The summed E-state index contributed by atoms with van der Waals surface area (Å²) in [4.78, 5) is 25.2. The van der Waals surface area contributed by atoms with E-state index in [-0.39, 0.29) is 18.4 Å². The first-order chi connectivity index (χ1) is 10.4. The molecule has 0 saturated heterocycles. The minimum atomic E-state index is -0.875. The lowest BCUT2D eigenvalue weighted by atomic mass is 10.0. The van der Waals surface area contributed by atoms with Gasteiger partial charge in [-0.2, -0.15) is 0 Å². The van der Waals surface area contributed by atoms with Crippen LogP contribution in [0.2, 0.25) is 0 Å². The average Bonchev–Trinajstić information content (AvgIpc) is 2.78. The Kier molecular flexibility index (Phi) is 5.55. The first-order valence-electron chi connectivity index (χ1n) is 7.74. The summed E-state index contributed by atoms with van der Waals surface area (Å²) >= 11 is 0. The third-order valence-corrected chi connectivity index (χ3v) is 3.82. The van der Waals surface area contributed by atoms with E-state index in [1.54, 1.807) is 0 Å². The molecule has 5 nitrogen and oxygen atoms in total. The maximum absolute atomic E-state index is 12.2. The summed E-state index contributed by atoms with van der Waals surface area (Å²) < 4.78 is 0. The van der Waals surface area contributed by atoms with Gasteiger partial charge in [-0.15, -0.1) is 0 Å². The Balaban J connectivity index is 1.85. The predicted octanol–water partition coefficient (Wildman–Crippen LogP) is 2.01. The molecule has 1 aliphatic rings. The fourth-order valence-corrected chi connectivity index (χ4v) is 2.97. The predicted molar refractivity (Wildman–Crippen MR) is 84.2 cm³/mol. The molecule has 2 N–H and O–H groups in total. The maximum atomic E-state index is 12.2. The van der Waals surface area contributed by atoms with Crippen molar-refractivity contribution in [2.45, 2.75) is 45.8 Å². The van der Waals surface area contributed by atoms with Gasteiger partial charge in [-0.1, -0.05) is 38.1 Å². The van der Waals surface area contributed by atoms with Crippen LogP contribution in [0.25, 0.3) is 0 Å². The summed E-state index contributed by atoms with van der Waals surface area (Å²) in [5.74, 6) is -0.625. The number of fused-ring (bicyclic) bond motifs is 1. The van der Waals surface area contributed by atoms with Gasteiger partial charge in [-0.05, 0) is 23.5 Å². The Morgan fingerprint density at radius 2 is 1.82 bits per heavy atom. The van der Waals surface area contributed by atoms with Crippen LogP contribution in [0, 0.1) is 5.92 Å². The number of rotatable bonds is 7. The zero-order valence-electron chi connectivity index (χ0n) is 13.2. The van der Waals surface area contributed by atoms with Crippen molar-refractivity contribution in [3.63, 3.8) is 0 Å². The van der Waals surface area contributed by atoms with Gasteiger partial charge in [0.25, 0.3) is 0 Å². The zero-order valence-corrected chi connectivity index (χ0v) is 13.2. The quantitative estimate of drug-likeness (QED) is 0.808. The molecule has 0 aromatic heterocycles. The van der Waals surface area contributed by atoms with Crippen molar-refractivity contribution in [3.8, 4) is 0 Å². The number of hydrogen-bond acceptors (Lipinski definition) is 3. The summed E-state index contributed by atoms with van der Waals surface area (Å²) in [5.41, 5.74) is 2.53. The van der Waals surface area contributed by atoms with E-state index in [4.69, 9.17) is 5.11 Å². The highest BCUT2D eigenvalue weighted by Crippen LogP contribution is 2.21. The largest absolute Gasteiger partial charge is 0.481 e. The van der Waals surface area contributed by atoms with Crippen LogP contribution >= 0.6 is 0 Å². The number of benzene rings is 1. The number of nitrogens with zero attached hydrogens (tertiary/aromatic N) is 1. The Morgan fingerprint density at radius 1 is 1.23 bits per heavy atom. The average molecular weight is 304 g/mol. The first kappa shape index (κ1) is 16.5. The highest BCUT2D eigenvalue weighted by Gasteiger charge is 2.22. The summed E-state index contributed by atoms with van der Waals surface area (Å²) in [6, 6.07) is 7.88. The van der Waals surface area contributed by atoms with E-state index in [2.05, 4.69) is 22.3 Å². The first-order valence-corrected chi connectivity index (χ1v) is 7.74. The fourth-order valence-electron chi connectivity index (χ4n) is 2.97. The molecule has 0 saturated carbocycles. The van der Waals surface area contributed by atoms with Crippen molar-refractivity contribution in [2.75, 3.05) is 6.54 Å². The third-order valence-electron chi connectivity index (χ3n) is 3.82. The van der Waals surface area contributed by atoms with Crippen LogP contribution in [0.3, 0.4) is 0 Å². The Labute approximate surface area is 131 Å². The Morgan fingerprint density at radius 3 is 2.32 bits per heavy atom. The number of amides is 1. The SMILES string of the molecule is CC(C)C[C@H](CC(=O)O)NC(=O)CN1Cc2ccccc2C1. The molecule has 0 fully saturated rings. The second-order valence-corrected chi connectivity index (χ2v) is 6.41. The van der Waals surface area contributed by atoms with Crippen molar-refractivity contribution in [1.29, 1.82) is 0 Å². The molecule has 120 valence electrons. The molecule has 1 aliphatic heterocycles. The lowest BCUT2D eigenvalue weighted by Gasteiger charge is -2.21. The van der Waals surface area contributed by atoms with Crippen molar-refractivity contribution in [3.05, 3.63) is 35.4 Å². The van der Waals surface area contributed by atoms with Crippen LogP contribution in [0.15, 0.2) is 24.3 Å². The lowest BCUT2D eigenvalue weighted by molar-refractivity contribution is -0.137. The van der Waals surface area contributed by atoms with Crippen LogP contribution in [-0.4, -0.2) is 34.5 Å². The third kappa shape index (κ3) is 4.84. The van der Waals surface area contributed by atoms with Crippen LogP contribution in [0.5, 0.6) is 0 Å². The minimum absolute atomic E-state index is 0.0237. The minimum Gasteiger partial charge on any atom is -0.481 e. The highest BCUT2D eigenvalue weighted by atomic mass is 16.4. The molecule has 2 rings (SSSR count). The maximum Gasteiger partial charge on any atom is 0.305 e. The molecule has 0 aliphatic carbocycles. The van der Waals surface area contributed by atoms with Crippen molar-refractivity contribution in [1.82, 2.24) is 10.2 Å². The molecule has 1 atom stereocenters. The van der Waals surface area contributed by atoms with E-state index in [1.165, 1.54) is 11.1 Å². The normalized spacial score (nSPS) is 15.6. The summed E-state index contributed by atoms with van der Waals surface area (Å²) in [5, 5.41) is 11.8. The van der Waals surface area contributed by atoms with Gasteiger partial charge in [-0.25, -0.2) is 0 Å². The van der Waals surface area contributed by atoms with Crippen LogP contribution in [-0.2, 0) is 22.7 Å². The molecule has 5 heteroatoms. The fraction of sp³-hybridized carbons (Fsp3) is 0.529.